The van der Waals surface area contributed by atoms with Gasteiger partial charge in [0.2, 0.25) is 5.91 Å². The van der Waals surface area contributed by atoms with Gasteiger partial charge in [-0.25, -0.2) is 4.99 Å². The molecule has 2 aromatic rings. The first-order valence-corrected chi connectivity index (χ1v) is 10.4. The van der Waals surface area contributed by atoms with Crippen LogP contribution in [-0.4, -0.2) is 35.0 Å². The number of nitrogens with one attached hydrogen (secondary N) is 2. The molecule has 1 amide bonds. The molecule has 7 nitrogen and oxygen atoms in total. The summed E-state index contributed by atoms with van der Waals surface area (Å²) in [5, 5.41) is 10.6. The van der Waals surface area contributed by atoms with E-state index in [0.29, 0.717) is 25.4 Å². The van der Waals surface area contributed by atoms with E-state index < -0.39 is 0 Å². The SMILES string of the molecule is CCNC(=NCc1cc(C(C)C)no1)NCCCC(=O)N1Cc2ccccc2C1.I. The van der Waals surface area contributed by atoms with Gasteiger partial charge in [-0.05, 0) is 30.4 Å². The van der Waals surface area contributed by atoms with Gasteiger partial charge in [-0.15, -0.1) is 24.0 Å². The van der Waals surface area contributed by atoms with E-state index in [2.05, 4.69) is 46.8 Å². The standard InChI is InChI=1S/C22H31N5O2.HI/c1-4-23-22(25-13-19-12-20(16(2)3)26-29-19)24-11-7-10-21(28)27-14-17-8-5-6-9-18(17)15-27;/h5-6,8-9,12,16H,4,7,10-11,13-15H2,1-3H3,(H2,23,24,25);1H. The third-order valence-electron chi connectivity index (χ3n) is 4.96. The van der Waals surface area contributed by atoms with Crippen molar-refractivity contribution in [3.05, 3.63) is 52.9 Å². The molecule has 3 rings (SSSR count). The number of aliphatic imine (C=N–C) groups is 1. The summed E-state index contributed by atoms with van der Waals surface area (Å²) in [6, 6.07) is 10.2. The van der Waals surface area contributed by atoms with Gasteiger partial charge in [0.05, 0.1) is 5.69 Å². The minimum Gasteiger partial charge on any atom is -0.359 e. The molecular formula is C22H32IN5O2. The smallest absolute Gasteiger partial charge is 0.223 e. The minimum absolute atomic E-state index is 0. The Bertz CT molecular complexity index is 825. The van der Waals surface area contributed by atoms with Gasteiger partial charge in [0.15, 0.2) is 11.7 Å². The first-order chi connectivity index (χ1) is 14.1. The summed E-state index contributed by atoms with van der Waals surface area (Å²) < 4.78 is 5.33. The van der Waals surface area contributed by atoms with Gasteiger partial charge in [-0.2, -0.15) is 0 Å². The van der Waals surface area contributed by atoms with E-state index in [1.54, 1.807) is 0 Å². The normalized spacial score (nSPS) is 13.2. The lowest BCUT2D eigenvalue weighted by molar-refractivity contribution is -0.131. The lowest BCUT2D eigenvalue weighted by atomic mass is 10.1. The third-order valence-corrected chi connectivity index (χ3v) is 4.96. The number of fused-ring (bicyclic) bond motifs is 1. The number of hydrogen-bond donors (Lipinski definition) is 2. The largest absolute Gasteiger partial charge is 0.359 e. The number of benzene rings is 1. The quantitative estimate of drug-likeness (QED) is 0.237. The lowest BCUT2D eigenvalue weighted by Crippen LogP contribution is -2.38. The first kappa shape index (κ1) is 24.2. The highest BCUT2D eigenvalue weighted by Crippen LogP contribution is 2.22. The van der Waals surface area contributed by atoms with Gasteiger partial charge < -0.3 is 20.1 Å². The second-order valence-electron chi connectivity index (χ2n) is 7.62. The fraction of sp³-hybridized carbons (Fsp3) is 0.500. The molecular weight excluding hydrogens is 493 g/mol. The van der Waals surface area contributed by atoms with Crippen LogP contribution in [0, 0.1) is 0 Å². The highest BCUT2D eigenvalue weighted by molar-refractivity contribution is 14.0. The fourth-order valence-electron chi connectivity index (χ4n) is 3.29. The Balaban J connectivity index is 0.00000320. The fourth-order valence-corrected chi connectivity index (χ4v) is 3.29. The number of nitrogens with zero attached hydrogens (tertiary/aromatic N) is 3. The Morgan fingerprint density at radius 1 is 1.23 bits per heavy atom. The van der Waals surface area contributed by atoms with Crippen LogP contribution in [0.15, 0.2) is 39.8 Å². The molecule has 8 heteroatoms. The van der Waals surface area contributed by atoms with E-state index >= 15 is 0 Å². The van der Waals surface area contributed by atoms with Crippen molar-refractivity contribution in [1.82, 2.24) is 20.7 Å². The molecule has 0 bridgehead atoms. The zero-order valence-electron chi connectivity index (χ0n) is 18.0. The molecule has 0 fully saturated rings. The Morgan fingerprint density at radius 3 is 2.53 bits per heavy atom. The van der Waals surface area contributed by atoms with Gasteiger partial charge in [0.25, 0.3) is 0 Å². The van der Waals surface area contributed by atoms with Gasteiger partial charge in [-0.1, -0.05) is 43.3 Å². The second kappa shape index (κ2) is 11.9. The van der Waals surface area contributed by atoms with Gasteiger partial charge in [0.1, 0.15) is 6.54 Å². The number of aromatic nitrogens is 1. The Hall–Kier alpha value is -2.10. The number of rotatable bonds is 8. The molecule has 1 aliphatic heterocycles. The van der Waals surface area contributed by atoms with Crippen molar-refractivity contribution < 1.29 is 9.32 Å². The van der Waals surface area contributed by atoms with E-state index in [9.17, 15) is 4.79 Å². The van der Waals surface area contributed by atoms with Gasteiger partial charge >= 0.3 is 0 Å². The number of hydrogen-bond acceptors (Lipinski definition) is 4. The maximum absolute atomic E-state index is 12.5. The van der Waals surface area contributed by atoms with Crippen molar-refractivity contribution in [2.45, 2.75) is 59.2 Å². The van der Waals surface area contributed by atoms with E-state index in [4.69, 9.17) is 4.52 Å². The monoisotopic (exact) mass is 525 g/mol. The molecule has 2 heterocycles. The van der Waals surface area contributed by atoms with E-state index in [1.807, 2.05) is 30.0 Å². The molecule has 0 spiro atoms. The zero-order chi connectivity index (χ0) is 20.6. The Labute approximate surface area is 195 Å². The summed E-state index contributed by atoms with van der Waals surface area (Å²) >= 11 is 0. The summed E-state index contributed by atoms with van der Waals surface area (Å²) in [6.45, 7) is 9.52. The molecule has 1 aromatic carbocycles. The molecule has 0 saturated heterocycles. The van der Waals surface area contributed by atoms with Gasteiger partial charge in [-0.3, -0.25) is 4.79 Å². The summed E-state index contributed by atoms with van der Waals surface area (Å²) in [7, 11) is 0. The number of amides is 1. The van der Waals surface area contributed by atoms with Crippen molar-refractivity contribution in [1.29, 1.82) is 0 Å². The Morgan fingerprint density at radius 2 is 1.93 bits per heavy atom. The van der Waals surface area contributed by atoms with Crippen LogP contribution < -0.4 is 10.6 Å². The second-order valence-corrected chi connectivity index (χ2v) is 7.62. The average Bonchev–Trinajstić information content (AvgIpc) is 3.36. The number of carbonyl (C=O) groups excluding carboxylic acids is 1. The number of halogens is 1. The van der Waals surface area contributed by atoms with Crippen LogP contribution in [0.2, 0.25) is 0 Å². The number of guanidine groups is 1. The maximum Gasteiger partial charge on any atom is 0.223 e. The molecule has 1 aliphatic rings. The Kier molecular flexibility index (Phi) is 9.61. The van der Waals surface area contributed by atoms with Crippen molar-refractivity contribution in [2.75, 3.05) is 13.1 Å². The minimum atomic E-state index is 0. The lowest BCUT2D eigenvalue weighted by Gasteiger charge is -2.16. The van der Waals surface area contributed by atoms with Gasteiger partial charge in [0, 0.05) is 38.7 Å². The van der Waals surface area contributed by atoms with Crippen LogP contribution >= 0.6 is 24.0 Å². The van der Waals surface area contributed by atoms with Crippen molar-refractivity contribution >= 4 is 35.8 Å². The van der Waals surface area contributed by atoms with Crippen LogP contribution in [0.5, 0.6) is 0 Å². The predicted octanol–water partition coefficient (Wildman–Crippen LogP) is 3.79. The van der Waals surface area contributed by atoms with E-state index in [-0.39, 0.29) is 29.9 Å². The maximum atomic E-state index is 12.5. The summed E-state index contributed by atoms with van der Waals surface area (Å²) in [6.07, 6.45) is 1.29. The molecule has 1 aromatic heterocycles. The van der Waals surface area contributed by atoms with Crippen molar-refractivity contribution in [3.8, 4) is 0 Å². The molecule has 30 heavy (non-hydrogen) atoms. The number of carbonyl (C=O) groups is 1. The molecule has 0 radical (unpaired) electrons. The highest BCUT2D eigenvalue weighted by Gasteiger charge is 2.22. The summed E-state index contributed by atoms with van der Waals surface area (Å²) in [5.41, 5.74) is 3.46. The molecule has 0 unspecified atom stereocenters. The van der Waals surface area contributed by atoms with Crippen LogP contribution in [0.1, 0.15) is 62.1 Å². The van der Waals surface area contributed by atoms with E-state index in [0.717, 1.165) is 43.5 Å². The molecule has 0 aliphatic carbocycles. The van der Waals surface area contributed by atoms with Crippen LogP contribution in [0.3, 0.4) is 0 Å². The molecule has 2 N–H and O–H groups in total. The highest BCUT2D eigenvalue weighted by atomic mass is 127. The first-order valence-electron chi connectivity index (χ1n) is 10.4. The summed E-state index contributed by atoms with van der Waals surface area (Å²) in [4.78, 5) is 19.0. The predicted molar refractivity (Wildman–Crippen MR) is 129 cm³/mol. The van der Waals surface area contributed by atoms with Crippen molar-refractivity contribution in [2.24, 2.45) is 4.99 Å². The third kappa shape index (κ3) is 6.72. The molecule has 0 atom stereocenters. The average molecular weight is 525 g/mol. The van der Waals surface area contributed by atoms with Crippen LogP contribution in [0.25, 0.3) is 0 Å². The van der Waals surface area contributed by atoms with Crippen LogP contribution in [-0.2, 0) is 24.4 Å². The van der Waals surface area contributed by atoms with E-state index in [1.165, 1.54) is 11.1 Å². The molecule has 164 valence electrons. The zero-order valence-corrected chi connectivity index (χ0v) is 20.3. The molecule has 0 saturated carbocycles. The van der Waals surface area contributed by atoms with Crippen molar-refractivity contribution in [3.63, 3.8) is 0 Å². The summed E-state index contributed by atoms with van der Waals surface area (Å²) in [5.74, 6) is 2.00. The topological polar surface area (TPSA) is 82.8 Å². The van der Waals surface area contributed by atoms with Crippen LogP contribution in [0.4, 0.5) is 0 Å².